The minimum atomic E-state index is -4.46. The lowest BCUT2D eigenvalue weighted by atomic mass is 9.84. The Morgan fingerprint density at radius 1 is 0.918 bits per heavy atom. The monoisotopic (exact) mass is 679 g/mol. The Labute approximate surface area is 280 Å². The molecule has 10 nitrogen and oxygen atoms in total. The molecule has 3 amide bonds. The van der Waals surface area contributed by atoms with Crippen molar-refractivity contribution in [2.45, 2.75) is 75.5 Å². The lowest BCUT2D eigenvalue weighted by Gasteiger charge is -2.37. The highest BCUT2D eigenvalue weighted by molar-refractivity contribution is 6.05. The van der Waals surface area contributed by atoms with Crippen LogP contribution < -0.4 is 15.5 Å². The summed E-state index contributed by atoms with van der Waals surface area (Å²) >= 11 is 0. The molecule has 1 aromatic heterocycles. The lowest BCUT2D eigenvalue weighted by molar-refractivity contribution is -0.138. The number of benzene rings is 2. The van der Waals surface area contributed by atoms with Crippen molar-refractivity contribution in [1.29, 1.82) is 0 Å². The first-order chi connectivity index (χ1) is 23.4. The largest absolute Gasteiger partial charge is 0.419 e. The van der Waals surface area contributed by atoms with Crippen LogP contribution in [0.3, 0.4) is 0 Å². The summed E-state index contributed by atoms with van der Waals surface area (Å²) in [4.78, 5) is 50.6. The van der Waals surface area contributed by atoms with Gasteiger partial charge >= 0.3 is 6.18 Å². The van der Waals surface area contributed by atoms with E-state index in [4.69, 9.17) is 0 Å². The predicted molar refractivity (Wildman–Crippen MR) is 172 cm³/mol. The molecule has 1 atom stereocenters. The fourth-order valence-corrected chi connectivity index (χ4v) is 7.29. The molecule has 0 spiro atoms. The average molecular weight is 680 g/mol. The highest BCUT2D eigenvalue weighted by Gasteiger charge is 2.41. The average Bonchev–Trinajstić information content (AvgIpc) is 3.41. The standard InChI is InChI=1S/C35H37F4N7O3/c36-34(24-3-6-28-23(17-24)21-46(32(28)49)29-7-8-30(47)43-31(29)48)11-15-44(16-12-34)20-22-1-4-27(5-2-22)45-13-9-26(10-14-45)42-33-40-18-25(19-41-33)35(37,38)39/h1-6,17-19,26,29H,7-16,20-21H2,(H,40,41,42)(H,43,47,48). The molecule has 4 aliphatic rings. The molecule has 14 heteroatoms. The maximum absolute atomic E-state index is 16.3. The second-order valence-electron chi connectivity index (χ2n) is 13.4. The number of piperidine rings is 3. The molecule has 49 heavy (non-hydrogen) atoms. The van der Waals surface area contributed by atoms with Crippen LogP contribution in [-0.4, -0.2) is 75.8 Å². The van der Waals surface area contributed by atoms with Crippen molar-refractivity contribution in [2.24, 2.45) is 0 Å². The summed E-state index contributed by atoms with van der Waals surface area (Å²) in [5.41, 5.74) is 1.59. The molecule has 1 unspecified atom stereocenters. The van der Waals surface area contributed by atoms with Crippen molar-refractivity contribution in [3.05, 3.63) is 82.7 Å². The van der Waals surface area contributed by atoms with Gasteiger partial charge in [-0.3, -0.25) is 24.6 Å². The number of carbonyl (C=O) groups is 3. The molecule has 5 heterocycles. The second-order valence-corrected chi connectivity index (χ2v) is 13.4. The summed E-state index contributed by atoms with van der Waals surface area (Å²) < 4.78 is 54.6. The van der Waals surface area contributed by atoms with E-state index in [2.05, 4.69) is 54.7 Å². The highest BCUT2D eigenvalue weighted by Crippen LogP contribution is 2.40. The number of nitrogens with one attached hydrogen (secondary N) is 2. The molecule has 3 aromatic rings. The summed E-state index contributed by atoms with van der Waals surface area (Å²) in [7, 11) is 0. The van der Waals surface area contributed by atoms with Crippen LogP contribution in [0.2, 0.25) is 0 Å². The maximum Gasteiger partial charge on any atom is 0.419 e. The molecule has 0 radical (unpaired) electrons. The number of hydrogen-bond acceptors (Lipinski definition) is 8. The van der Waals surface area contributed by atoms with E-state index in [1.54, 1.807) is 18.2 Å². The summed E-state index contributed by atoms with van der Waals surface area (Å²) in [5.74, 6) is -0.872. The van der Waals surface area contributed by atoms with Crippen LogP contribution in [0.4, 0.5) is 29.2 Å². The van der Waals surface area contributed by atoms with E-state index in [9.17, 15) is 27.6 Å². The van der Waals surface area contributed by atoms with Crippen LogP contribution in [0.5, 0.6) is 0 Å². The topological polar surface area (TPSA) is 111 Å². The third-order valence-electron chi connectivity index (χ3n) is 10.2. The third-order valence-corrected chi connectivity index (χ3v) is 10.2. The van der Waals surface area contributed by atoms with Crippen LogP contribution in [0.15, 0.2) is 54.9 Å². The normalized spacial score (nSPS) is 21.9. The van der Waals surface area contributed by atoms with E-state index in [-0.39, 0.29) is 43.2 Å². The zero-order chi connectivity index (χ0) is 34.3. The van der Waals surface area contributed by atoms with Crippen molar-refractivity contribution < 1.29 is 31.9 Å². The van der Waals surface area contributed by atoms with Crippen LogP contribution in [0.25, 0.3) is 0 Å². The number of fused-ring (bicyclic) bond motifs is 1. The first kappa shape index (κ1) is 32.9. The Bertz CT molecular complexity index is 1720. The van der Waals surface area contributed by atoms with E-state index < -0.39 is 29.4 Å². The number of likely N-dealkylation sites (tertiary alicyclic amines) is 1. The summed E-state index contributed by atoms with van der Waals surface area (Å²) in [6.07, 6.45) is -0.159. The zero-order valence-corrected chi connectivity index (χ0v) is 26.8. The van der Waals surface area contributed by atoms with Crippen molar-refractivity contribution >= 4 is 29.4 Å². The van der Waals surface area contributed by atoms with Gasteiger partial charge in [-0.2, -0.15) is 13.2 Å². The number of imide groups is 1. The van der Waals surface area contributed by atoms with Gasteiger partial charge in [-0.25, -0.2) is 14.4 Å². The zero-order valence-electron chi connectivity index (χ0n) is 26.8. The number of hydrogen-bond donors (Lipinski definition) is 2. The van der Waals surface area contributed by atoms with E-state index >= 15 is 4.39 Å². The number of alkyl halides is 4. The highest BCUT2D eigenvalue weighted by atomic mass is 19.4. The molecule has 4 aliphatic heterocycles. The van der Waals surface area contributed by atoms with Crippen LogP contribution in [0.1, 0.15) is 71.1 Å². The molecule has 7 rings (SSSR count). The maximum atomic E-state index is 16.3. The Hall–Kier alpha value is -4.59. The van der Waals surface area contributed by atoms with Gasteiger partial charge < -0.3 is 15.1 Å². The van der Waals surface area contributed by atoms with Gasteiger partial charge in [0.1, 0.15) is 11.7 Å². The number of halogens is 4. The Morgan fingerprint density at radius 2 is 1.61 bits per heavy atom. The number of carbonyl (C=O) groups excluding carboxylic acids is 3. The quantitative estimate of drug-likeness (QED) is 0.271. The van der Waals surface area contributed by atoms with Gasteiger partial charge in [-0.05, 0) is 67.0 Å². The first-order valence-corrected chi connectivity index (χ1v) is 16.6. The van der Waals surface area contributed by atoms with Gasteiger partial charge in [0.25, 0.3) is 5.91 Å². The number of aromatic nitrogens is 2. The number of amides is 3. The SMILES string of the molecule is O=C1CCC(N2Cc3cc(C4(F)CCN(Cc5ccc(N6CCC(Nc7ncc(C(F)(F)F)cn7)CC6)cc5)CC4)ccc3C2=O)C(=O)N1. The summed E-state index contributed by atoms with van der Waals surface area (Å²) in [6, 6.07) is 12.9. The Kier molecular flexibility index (Phi) is 8.76. The van der Waals surface area contributed by atoms with Crippen LogP contribution >= 0.6 is 0 Å². The molecule has 3 saturated heterocycles. The van der Waals surface area contributed by atoms with E-state index in [0.29, 0.717) is 49.2 Å². The number of nitrogens with zero attached hydrogens (tertiary/aromatic N) is 5. The van der Waals surface area contributed by atoms with E-state index in [0.717, 1.165) is 49.6 Å². The predicted octanol–water partition coefficient (Wildman–Crippen LogP) is 4.80. The molecule has 0 bridgehead atoms. The van der Waals surface area contributed by atoms with Crippen molar-refractivity contribution in [3.63, 3.8) is 0 Å². The molecule has 0 saturated carbocycles. The Balaban J connectivity index is 0.886. The molecule has 258 valence electrons. The molecular weight excluding hydrogens is 642 g/mol. The van der Waals surface area contributed by atoms with Crippen molar-refractivity contribution in [3.8, 4) is 0 Å². The van der Waals surface area contributed by atoms with Crippen molar-refractivity contribution in [2.75, 3.05) is 36.4 Å². The van der Waals surface area contributed by atoms with Gasteiger partial charge in [-0.15, -0.1) is 0 Å². The molecule has 2 aromatic carbocycles. The molecule has 3 fully saturated rings. The second kappa shape index (κ2) is 13.0. The van der Waals surface area contributed by atoms with Gasteiger partial charge in [0.05, 0.1) is 5.56 Å². The van der Waals surface area contributed by atoms with Crippen LogP contribution in [-0.2, 0) is 34.5 Å². The smallest absolute Gasteiger partial charge is 0.371 e. The first-order valence-electron chi connectivity index (χ1n) is 16.6. The van der Waals surface area contributed by atoms with E-state index in [1.807, 2.05) is 0 Å². The van der Waals surface area contributed by atoms with E-state index in [1.165, 1.54) is 4.90 Å². The van der Waals surface area contributed by atoms with Gasteiger partial charge in [-0.1, -0.05) is 24.3 Å². The molecule has 0 aliphatic carbocycles. The van der Waals surface area contributed by atoms with Crippen molar-refractivity contribution in [1.82, 2.24) is 25.1 Å². The minimum Gasteiger partial charge on any atom is -0.371 e. The molecule has 2 N–H and O–H groups in total. The third kappa shape index (κ3) is 6.96. The van der Waals surface area contributed by atoms with Gasteiger partial charge in [0.15, 0.2) is 0 Å². The number of rotatable bonds is 7. The van der Waals surface area contributed by atoms with Gasteiger partial charge in [0, 0.05) is 75.4 Å². The minimum absolute atomic E-state index is 0.0702. The number of anilines is 2. The summed E-state index contributed by atoms with van der Waals surface area (Å²) in [6.45, 7) is 3.66. The van der Waals surface area contributed by atoms with Gasteiger partial charge in [0.2, 0.25) is 17.8 Å². The van der Waals surface area contributed by atoms with Crippen LogP contribution in [0, 0.1) is 0 Å². The fraction of sp³-hybridized carbons (Fsp3) is 0.457. The Morgan fingerprint density at radius 3 is 2.27 bits per heavy atom. The fourth-order valence-electron chi connectivity index (χ4n) is 7.29. The molecular formula is C35H37F4N7O3. The lowest BCUT2D eigenvalue weighted by Crippen LogP contribution is -2.52. The summed E-state index contributed by atoms with van der Waals surface area (Å²) in [5, 5.41) is 5.45.